The number of aromatic nitrogens is 2. The first-order valence-corrected chi connectivity index (χ1v) is 4.57. The summed E-state index contributed by atoms with van der Waals surface area (Å²) < 4.78 is 6.54. The van der Waals surface area contributed by atoms with Crippen molar-refractivity contribution in [1.82, 2.24) is 9.55 Å². The molecule has 0 aliphatic rings. The maximum Gasteiger partial charge on any atom is 0.255 e. The average Bonchev–Trinajstić information content (AvgIpc) is 2.09. The van der Waals surface area contributed by atoms with Crippen LogP contribution in [0.2, 0.25) is 0 Å². The Kier molecular flexibility index (Phi) is 3.64. The Labute approximate surface area is 82.5 Å². The summed E-state index contributed by atoms with van der Waals surface area (Å²) in [6.07, 6.45) is 0. The lowest BCUT2D eigenvalue weighted by Crippen LogP contribution is -2.26. The highest BCUT2D eigenvalue weighted by atomic mass is 16.5. The zero-order chi connectivity index (χ0) is 10.6. The Hall–Kier alpha value is -1.36. The van der Waals surface area contributed by atoms with Crippen LogP contribution in [0.15, 0.2) is 10.9 Å². The molecule has 1 rings (SSSR count). The predicted octanol–water partition coefficient (Wildman–Crippen LogP) is 0.170. The second-order valence-electron chi connectivity index (χ2n) is 2.94. The quantitative estimate of drug-likeness (QED) is 0.698. The van der Waals surface area contributed by atoms with Gasteiger partial charge in [0, 0.05) is 18.4 Å². The van der Waals surface area contributed by atoms with Crippen LogP contribution in [0.4, 0.5) is 5.95 Å². The Morgan fingerprint density at radius 2 is 2.36 bits per heavy atom. The van der Waals surface area contributed by atoms with Gasteiger partial charge >= 0.3 is 0 Å². The highest BCUT2D eigenvalue weighted by Crippen LogP contribution is 1.96. The zero-order valence-electron chi connectivity index (χ0n) is 8.49. The molecule has 0 spiro atoms. The van der Waals surface area contributed by atoms with E-state index in [0.29, 0.717) is 25.5 Å². The van der Waals surface area contributed by atoms with E-state index in [1.807, 2.05) is 6.92 Å². The van der Waals surface area contributed by atoms with Crippen LogP contribution in [-0.4, -0.2) is 22.8 Å². The van der Waals surface area contributed by atoms with Gasteiger partial charge in [-0.2, -0.15) is 0 Å². The van der Waals surface area contributed by atoms with Crippen molar-refractivity contribution in [2.24, 2.45) is 0 Å². The van der Waals surface area contributed by atoms with Crippen LogP contribution in [-0.2, 0) is 11.3 Å². The fraction of sp³-hybridized carbons (Fsp3) is 0.556. The van der Waals surface area contributed by atoms with E-state index in [2.05, 4.69) is 4.98 Å². The molecular formula is C9H15N3O2. The summed E-state index contributed by atoms with van der Waals surface area (Å²) in [5.74, 6) is 0.245. The molecule has 0 aliphatic heterocycles. The van der Waals surface area contributed by atoms with Gasteiger partial charge in [-0.15, -0.1) is 0 Å². The molecule has 0 fully saturated rings. The maximum absolute atomic E-state index is 11.4. The minimum Gasteiger partial charge on any atom is -0.380 e. The topological polar surface area (TPSA) is 70.1 Å². The number of nitrogen functional groups attached to an aromatic ring is 1. The highest BCUT2D eigenvalue weighted by Gasteiger charge is 2.02. The van der Waals surface area contributed by atoms with Gasteiger partial charge in [-0.1, -0.05) is 0 Å². The van der Waals surface area contributed by atoms with Gasteiger partial charge in [-0.05, 0) is 13.8 Å². The summed E-state index contributed by atoms with van der Waals surface area (Å²) in [5, 5.41) is 0. The van der Waals surface area contributed by atoms with E-state index in [9.17, 15) is 4.79 Å². The summed E-state index contributed by atoms with van der Waals surface area (Å²) in [7, 11) is 0. The molecule has 0 amide bonds. The number of aryl methyl sites for hydroxylation is 1. The lowest BCUT2D eigenvalue weighted by atomic mass is 10.4. The molecule has 0 saturated carbocycles. The molecule has 0 aromatic carbocycles. The van der Waals surface area contributed by atoms with Crippen molar-refractivity contribution in [3.05, 3.63) is 22.1 Å². The van der Waals surface area contributed by atoms with Gasteiger partial charge in [0.05, 0.1) is 13.2 Å². The van der Waals surface area contributed by atoms with Gasteiger partial charge in [0.15, 0.2) is 0 Å². The summed E-state index contributed by atoms with van der Waals surface area (Å²) in [6.45, 7) is 5.20. The van der Waals surface area contributed by atoms with E-state index in [0.717, 1.165) is 0 Å². The van der Waals surface area contributed by atoms with Crippen molar-refractivity contribution in [2.45, 2.75) is 20.4 Å². The van der Waals surface area contributed by atoms with Crippen LogP contribution in [0.25, 0.3) is 0 Å². The third-order valence-electron chi connectivity index (χ3n) is 1.83. The maximum atomic E-state index is 11.4. The molecule has 78 valence electrons. The molecule has 5 heteroatoms. The molecule has 2 N–H and O–H groups in total. The SMILES string of the molecule is CCOCCn1c(N)nc(C)cc1=O. The molecule has 0 saturated heterocycles. The van der Waals surface area contributed by atoms with E-state index in [-0.39, 0.29) is 11.5 Å². The molecule has 0 unspecified atom stereocenters. The number of nitrogens with two attached hydrogens (primary N) is 1. The minimum atomic E-state index is -0.130. The number of ether oxygens (including phenoxy) is 1. The number of hydrogen-bond acceptors (Lipinski definition) is 4. The van der Waals surface area contributed by atoms with Crippen molar-refractivity contribution >= 4 is 5.95 Å². The zero-order valence-corrected chi connectivity index (χ0v) is 8.49. The van der Waals surface area contributed by atoms with Crippen molar-refractivity contribution in [3.63, 3.8) is 0 Å². The van der Waals surface area contributed by atoms with E-state index < -0.39 is 0 Å². The van der Waals surface area contributed by atoms with Crippen molar-refractivity contribution < 1.29 is 4.74 Å². The van der Waals surface area contributed by atoms with E-state index >= 15 is 0 Å². The van der Waals surface area contributed by atoms with Gasteiger partial charge in [0.1, 0.15) is 0 Å². The number of nitrogens with zero attached hydrogens (tertiary/aromatic N) is 2. The van der Waals surface area contributed by atoms with Crippen molar-refractivity contribution in [3.8, 4) is 0 Å². The largest absolute Gasteiger partial charge is 0.380 e. The van der Waals surface area contributed by atoms with Gasteiger partial charge in [0.25, 0.3) is 5.56 Å². The van der Waals surface area contributed by atoms with E-state index in [1.54, 1.807) is 6.92 Å². The first-order valence-electron chi connectivity index (χ1n) is 4.57. The number of anilines is 1. The molecule has 0 bridgehead atoms. The Morgan fingerprint density at radius 1 is 1.64 bits per heavy atom. The second kappa shape index (κ2) is 4.76. The van der Waals surface area contributed by atoms with E-state index in [1.165, 1.54) is 10.6 Å². The Morgan fingerprint density at radius 3 is 2.93 bits per heavy atom. The Bertz CT molecular complexity index is 360. The van der Waals surface area contributed by atoms with Crippen LogP contribution < -0.4 is 11.3 Å². The summed E-state index contributed by atoms with van der Waals surface area (Å²) in [6, 6.07) is 1.46. The molecule has 0 radical (unpaired) electrons. The van der Waals surface area contributed by atoms with Crippen LogP contribution >= 0.6 is 0 Å². The van der Waals surface area contributed by atoms with E-state index in [4.69, 9.17) is 10.5 Å². The Balaban J connectivity index is 2.81. The highest BCUT2D eigenvalue weighted by molar-refractivity contribution is 5.19. The van der Waals surface area contributed by atoms with Gasteiger partial charge in [0.2, 0.25) is 5.95 Å². The molecule has 5 nitrogen and oxygen atoms in total. The monoisotopic (exact) mass is 197 g/mol. The van der Waals surface area contributed by atoms with Gasteiger partial charge < -0.3 is 10.5 Å². The van der Waals surface area contributed by atoms with Crippen LogP contribution in [0.3, 0.4) is 0 Å². The number of hydrogen-bond donors (Lipinski definition) is 1. The fourth-order valence-electron chi connectivity index (χ4n) is 1.17. The van der Waals surface area contributed by atoms with Crippen LogP contribution in [0.1, 0.15) is 12.6 Å². The van der Waals surface area contributed by atoms with Gasteiger partial charge in [-0.25, -0.2) is 4.98 Å². The third-order valence-corrected chi connectivity index (χ3v) is 1.83. The third kappa shape index (κ3) is 2.56. The average molecular weight is 197 g/mol. The summed E-state index contributed by atoms with van der Waals surface area (Å²) in [5.41, 5.74) is 6.11. The lowest BCUT2D eigenvalue weighted by Gasteiger charge is -2.08. The molecule has 1 aromatic heterocycles. The molecule has 1 heterocycles. The smallest absolute Gasteiger partial charge is 0.255 e. The molecular weight excluding hydrogens is 182 g/mol. The molecule has 0 atom stereocenters. The lowest BCUT2D eigenvalue weighted by molar-refractivity contribution is 0.138. The first kappa shape index (κ1) is 10.7. The molecule has 14 heavy (non-hydrogen) atoms. The van der Waals surface area contributed by atoms with Crippen LogP contribution in [0.5, 0.6) is 0 Å². The van der Waals surface area contributed by atoms with Crippen LogP contribution in [0, 0.1) is 6.92 Å². The normalized spacial score (nSPS) is 10.4. The second-order valence-corrected chi connectivity index (χ2v) is 2.94. The minimum absolute atomic E-state index is 0.130. The standard InChI is InChI=1S/C9H15N3O2/c1-3-14-5-4-12-8(13)6-7(2)11-9(12)10/h6H,3-5H2,1-2H3,(H2,10,11). The van der Waals surface area contributed by atoms with Gasteiger partial charge in [-0.3, -0.25) is 9.36 Å². The van der Waals surface area contributed by atoms with Crippen molar-refractivity contribution in [1.29, 1.82) is 0 Å². The number of rotatable bonds is 4. The first-order chi connectivity index (χ1) is 6.65. The summed E-state index contributed by atoms with van der Waals surface area (Å²) >= 11 is 0. The molecule has 1 aromatic rings. The molecule has 0 aliphatic carbocycles. The fourth-order valence-corrected chi connectivity index (χ4v) is 1.17. The predicted molar refractivity (Wildman–Crippen MR) is 54.1 cm³/mol. The van der Waals surface area contributed by atoms with Crippen molar-refractivity contribution in [2.75, 3.05) is 18.9 Å². The summed E-state index contributed by atoms with van der Waals surface area (Å²) in [4.78, 5) is 15.4.